The van der Waals surface area contributed by atoms with Gasteiger partial charge in [-0.25, -0.2) is 4.99 Å². The lowest BCUT2D eigenvalue weighted by atomic mass is 9.95. The van der Waals surface area contributed by atoms with Gasteiger partial charge in [0.25, 0.3) is 11.5 Å². The van der Waals surface area contributed by atoms with Gasteiger partial charge in [-0.15, -0.1) is 0 Å². The van der Waals surface area contributed by atoms with Crippen LogP contribution >= 0.6 is 43.2 Å². The molecule has 0 spiro atoms. The molecule has 47 heavy (non-hydrogen) atoms. The Hall–Kier alpha value is -4.25. The summed E-state index contributed by atoms with van der Waals surface area (Å²) in [5.74, 6) is 1.06. The van der Waals surface area contributed by atoms with Crippen molar-refractivity contribution >= 4 is 60.9 Å². The van der Waals surface area contributed by atoms with Gasteiger partial charge in [0.2, 0.25) is 0 Å². The third kappa shape index (κ3) is 7.05. The van der Waals surface area contributed by atoms with E-state index in [1.54, 1.807) is 11.7 Å². The first kappa shape index (κ1) is 32.7. The lowest BCUT2D eigenvalue weighted by molar-refractivity contribution is -0.113. The first-order chi connectivity index (χ1) is 22.6. The van der Waals surface area contributed by atoms with Gasteiger partial charge in [0, 0.05) is 10.2 Å². The zero-order chi connectivity index (χ0) is 33.2. The number of rotatable bonds is 8. The van der Waals surface area contributed by atoms with Gasteiger partial charge < -0.3 is 14.8 Å². The summed E-state index contributed by atoms with van der Waals surface area (Å²) in [5, 5.41) is 3.07. The standard InChI is InChI=1S/C37H31Br2N3O4S/c1-21-5-15-30(22(2)17-21)41-35(43)33-23(3)40-37-42(34(33)26-9-13-28(45-4)14-10-26)36(44)32(47-37)19-25-8-16-31(29(39)18-25)46-20-24-6-11-27(38)12-7-24/h5-19,34H,20H2,1-4H3,(H,41,43)/b32-19+/t34-/m1/s1. The van der Waals surface area contributed by atoms with Gasteiger partial charge in [-0.1, -0.05) is 75.3 Å². The van der Waals surface area contributed by atoms with E-state index in [2.05, 4.69) is 37.2 Å². The number of carbonyl (C=O) groups excluding carboxylic acids is 1. The molecule has 0 radical (unpaired) electrons. The molecule has 1 aromatic heterocycles. The molecule has 1 N–H and O–H groups in total. The highest BCUT2D eigenvalue weighted by Gasteiger charge is 2.32. The minimum absolute atomic E-state index is 0.231. The molecule has 5 aromatic rings. The second kappa shape index (κ2) is 13.9. The molecule has 0 aliphatic carbocycles. The van der Waals surface area contributed by atoms with Crippen molar-refractivity contribution in [3.05, 3.63) is 153 Å². The van der Waals surface area contributed by atoms with Crippen LogP contribution in [0.15, 0.2) is 115 Å². The third-order valence-corrected chi connectivity index (χ3v) is 10.0. The SMILES string of the molecule is COc1ccc([C@@H]2C(C(=O)Nc3ccc(C)cc3C)=C(C)N=c3s/c(=C/c4ccc(OCc5ccc(Br)cc5)c(Br)c4)c(=O)n32)cc1. The topological polar surface area (TPSA) is 81.9 Å². The quantitative estimate of drug-likeness (QED) is 0.176. The molecule has 238 valence electrons. The van der Waals surface area contributed by atoms with Crippen LogP contribution in [0.2, 0.25) is 0 Å². The summed E-state index contributed by atoms with van der Waals surface area (Å²) in [6.07, 6.45) is 1.84. The molecule has 0 saturated carbocycles. The summed E-state index contributed by atoms with van der Waals surface area (Å²) in [4.78, 5) is 33.4. The van der Waals surface area contributed by atoms with Gasteiger partial charge in [-0.05, 0) is 107 Å². The molecule has 1 aliphatic heterocycles. The van der Waals surface area contributed by atoms with Crippen LogP contribution in [-0.4, -0.2) is 17.6 Å². The van der Waals surface area contributed by atoms with Crippen LogP contribution in [0.3, 0.4) is 0 Å². The number of nitrogens with zero attached hydrogens (tertiary/aromatic N) is 2. The Morgan fingerprint density at radius 1 is 0.979 bits per heavy atom. The fraction of sp³-hybridized carbons (Fsp3) is 0.162. The van der Waals surface area contributed by atoms with Crippen molar-refractivity contribution in [1.82, 2.24) is 4.57 Å². The number of benzene rings is 4. The van der Waals surface area contributed by atoms with Crippen LogP contribution in [0.25, 0.3) is 6.08 Å². The number of ether oxygens (including phenoxy) is 2. The second-order valence-electron chi connectivity index (χ2n) is 11.2. The number of fused-ring (bicyclic) bond motifs is 1. The summed E-state index contributed by atoms with van der Waals surface area (Å²) in [5.41, 5.74) is 6.14. The van der Waals surface area contributed by atoms with Crippen molar-refractivity contribution in [3.63, 3.8) is 0 Å². The van der Waals surface area contributed by atoms with Gasteiger partial charge >= 0.3 is 0 Å². The number of nitrogens with one attached hydrogen (secondary N) is 1. The highest BCUT2D eigenvalue weighted by Crippen LogP contribution is 2.32. The third-order valence-electron chi connectivity index (χ3n) is 7.89. The molecule has 2 heterocycles. The first-order valence-corrected chi connectivity index (χ1v) is 17.2. The van der Waals surface area contributed by atoms with E-state index in [1.807, 2.05) is 112 Å². The fourth-order valence-electron chi connectivity index (χ4n) is 5.47. The zero-order valence-electron chi connectivity index (χ0n) is 26.1. The Morgan fingerprint density at radius 3 is 2.40 bits per heavy atom. The molecule has 0 bridgehead atoms. The zero-order valence-corrected chi connectivity index (χ0v) is 30.1. The molecule has 0 unspecified atom stereocenters. The summed E-state index contributed by atoms with van der Waals surface area (Å²) < 4.78 is 15.3. The maximum absolute atomic E-state index is 14.1. The number of hydrogen-bond acceptors (Lipinski definition) is 6. The number of methoxy groups -OCH3 is 1. The Bertz CT molecular complexity index is 2200. The van der Waals surface area contributed by atoms with Gasteiger partial charge in [-0.3, -0.25) is 14.2 Å². The minimum atomic E-state index is -0.689. The van der Waals surface area contributed by atoms with Crippen LogP contribution in [0.4, 0.5) is 5.69 Å². The summed E-state index contributed by atoms with van der Waals surface area (Å²) in [6, 6.07) is 26.3. The molecule has 4 aromatic carbocycles. The summed E-state index contributed by atoms with van der Waals surface area (Å²) in [7, 11) is 1.60. The van der Waals surface area contributed by atoms with Crippen LogP contribution in [0.5, 0.6) is 11.5 Å². The number of allylic oxidation sites excluding steroid dienone is 1. The Balaban J connectivity index is 1.37. The molecule has 6 rings (SSSR count). The number of amides is 1. The van der Waals surface area contributed by atoms with Crippen LogP contribution < -0.4 is 29.7 Å². The van der Waals surface area contributed by atoms with E-state index in [0.717, 1.165) is 36.8 Å². The molecule has 0 fully saturated rings. The maximum Gasteiger partial charge on any atom is 0.271 e. The number of hydrogen-bond donors (Lipinski definition) is 1. The first-order valence-electron chi connectivity index (χ1n) is 14.8. The van der Waals surface area contributed by atoms with Crippen molar-refractivity contribution in [2.45, 2.75) is 33.4 Å². The second-order valence-corrected chi connectivity index (χ2v) is 14.0. The van der Waals surface area contributed by atoms with Gasteiger partial charge in [-0.2, -0.15) is 0 Å². The van der Waals surface area contributed by atoms with Gasteiger partial charge in [0.15, 0.2) is 4.80 Å². The predicted molar refractivity (Wildman–Crippen MR) is 194 cm³/mol. The molecule has 1 aliphatic rings. The molecular weight excluding hydrogens is 742 g/mol. The normalized spacial score (nSPS) is 14.4. The number of halogens is 2. The van der Waals surface area contributed by atoms with Crippen LogP contribution in [0, 0.1) is 13.8 Å². The molecule has 10 heteroatoms. The molecule has 7 nitrogen and oxygen atoms in total. The lowest BCUT2D eigenvalue weighted by Crippen LogP contribution is -2.40. The largest absolute Gasteiger partial charge is 0.497 e. The van der Waals surface area contributed by atoms with Crippen molar-refractivity contribution in [1.29, 1.82) is 0 Å². The van der Waals surface area contributed by atoms with E-state index < -0.39 is 6.04 Å². The number of carbonyl (C=O) groups is 1. The Kier molecular flexibility index (Phi) is 9.63. The van der Waals surface area contributed by atoms with Crippen LogP contribution in [-0.2, 0) is 11.4 Å². The van der Waals surface area contributed by atoms with E-state index in [1.165, 1.54) is 11.3 Å². The van der Waals surface area contributed by atoms with E-state index in [0.29, 0.717) is 44.4 Å². The molecule has 1 atom stereocenters. The van der Waals surface area contributed by atoms with Crippen LogP contribution in [0.1, 0.15) is 40.8 Å². The number of aromatic nitrogens is 1. The lowest BCUT2D eigenvalue weighted by Gasteiger charge is -2.25. The fourth-order valence-corrected chi connectivity index (χ4v) is 7.30. The van der Waals surface area contributed by atoms with E-state index >= 15 is 0 Å². The predicted octanol–water partition coefficient (Wildman–Crippen LogP) is 7.60. The number of thiazole rings is 1. The Morgan fingerprint density at radius 2 is 1.72 bits per heavy atom. The van der Waals surface area contributed by atoms with Crippen molar-refractivity contribution in [2.75, 3.05) is 12.4 Å². The monoisotopic (exact) mass is 771 g/mol. The highest BCUT2D eigenvalue weighted by atomic mass is 79.9. The molecular formula is C37H31Br2N3O4S. The van der Waals surface area contributed by atoms with Gasteiger partial charge in [0.05, 0.1) is 33.4 Å². The minimum Gasteiger partial charge on any atom is -0.497 e. The van der Waals surface area contributed by atoms with E-state index in [-0.39, 0.29) is 11.5 Å². The smallest absolute Gasteiger partial charge is 0.271 e. The Labute approximate surface area is 293 Å². The highest BCUT2D eigenvalue weighted by molar-refractivity contribution is 9.10. The average molecular weight is 774 g/mol. The van der Waals surface area contributed by atoms with Crippen molar-refractivity contribution < 1.29 is 14.3 Å². The summed E-state index contributed by atoms with van der Waals surface area (Å²) >= 11 is 8.38. The molecule has 1 amide bonds. The average Bonchev–Trinajstić information content (AvgIpc) is 3.35. The number of aryl methyl sites for hydroxylation is 2. The summed E-state index contributed by atoms with van der Waals surface area (Å²) in [6.45, 7) is 6.21. The van der Waals surface area contributed by atoms with Crippen molar-refractivity contribution in [3.8, 4) is 11.5 Å². The van der Waals surface area contributed by atoms with Gasteiger partial charge in [0.1, 0.15) is 18.1 Å². The molecule has 0 saturated heterocycles. The van der Waals surface area contributed by atoms with E-state index in [4.69, 9.17) is 14.5 Å². The number of anilines is 1. The maximum atomic E-state index is 14.1. The van der Waals surface area contributed by atoms with Crippen molar-refractivity contribution in [2.24, 2.45) is 4.99 Å². The van der Waals surface area contributed by atoms with E-state index in [9.17, 15) is 9.59 Å².